The molecule has 108 valence electrons. The van der Waals surface area contributed by atoms with Crippen LogP contribution in [-0.4, -0.2) is 36.5 Å². The van der Waals surface area contributed by atoms with E-state index in [2.05, 4.69) is 12.2 Å². The maximum Gasteiger partial charge on any atom is 0.253 e. The van der Waals surface area contributed by atoms with Crippen molar-refractivity contribution in [2.45, 2.75) is 32.2 Å². The van der Waals surface area contributed by atoms with Gasteiger partial charge in [-0.05, 0) is 49.8 Å². The molecule has 2 aliphatic rings. The summed E-state index contributed by atoms with van der Waals surface area (Å²) in [6.45, 7) is 5.11. The molecule has 0 spiro atoms. The van der Waals surface area contributed by atoms with Crippen LogP contribution in [0.2, 0.25) is 0 Å². The number of piperidine rings is 1. The van der Waals surface area contributed by atoms with Crippen molar-refractivity contribution in [2.24, 2.45) is 11.8 Å². The molecule has 1 heterocycles. The van der Waals surface area contributed by atoms with Crippen LogP contribution in [0.4, 0.5) is 0 Å². The number of hydrogen-bond acceptors (Lipinski definition) is 2. The van der Waals surface area contributed by atoms with Gasteiger partial charge in [-0.3, -0.25) is 4.79 Å². The molecule has 1 N–H and O–H groups in total. The zero-order valence-corrected chi connectivity index (χ0v) is 12.2. The molecular weight excluding hydrogens is 248 g/mol. The Hall–Kier alpha value is -1.35. The van der Waals surface area contributed by atoms with Crippen LogP contribution in [-0.2, 0) is 0 Å². The van der Waals surface area contributed by atoms with Crippen molar-refractivity contribution in [3.05, 3.63) is 35.9 Å². The summed E-state index contributed by atoms with van der Waals surface area (Å²) >= 11 is 0. The second-order valence-corrected chi connectivity index (χ2v) is 6.47. The summed E-state index contributed by atoms with van der Waals surface area (Å²) in [5, 5.41) is 3.66. The number of carbonyl (C=O) groups is 1. The quantitative estimate of drug-likeness (QED) is 0.913. The molecular formula is C17H24N2O. The number of nitrogens with one attached hydrogen (secondary N) is 1. The molecule has 3 rings (SSSR count). The highest BCUT2D eigenvalue weighted by Crippen LogP contribution is 2.28. The van der Waals surface area contributed by atoms with Gasteiger partial charge in [0.05, 0.1) is 0 Å². The summed E-state index contributed by atoms with van der Waals surface area (Å²) in [7, 11) is 0. The molecule has 3 nitrogen and oxygen atoms in total. The largest absolute Gasteiger partial charge is 0.337 e. The lowest BCUT2D eigenvalue weighted by Gasteiger charge is -2.37. The van der Waals surface area contributed by atoms with E-state index in [0.29, 0.717) is 12.0 Å². The Labute approximate surface area is 121 Å². The fraction of sp³-hybridized carbons (Fsp3) is 0.588. The minimum Gasteiger partial charge on any atom is -0.337 e. The Balaban J connectivity index is 1.61. The van der Waals surface area contributed by atoms with E-state index in [0.717, 1.165) is 31.1 Å². The van der Waals surface area contributed by atoms with Gasteiger partial charge in [0.2, 0.25) is 0 Å². The first-order chi connectivity index (χ1) is 9.72. The minimum atomic E-state index is 0.176. The molecule has 1 aromatic rings. The second kappa shape index (κ2) is 5.96. The van der Waals surface area contributed by atoms with Crippen LogP contribution in [0, 0.1) is 11.8 Å². The van der Waals surface area contributed by atoms with Gasteiger partial charge in [-0.2, -0.15) is 0 Å². The zero-order valence-electron chi connectivity index (χ0n) is 12.2. The number of hydrogen-bond donors (Lipinski definition) is 1. The topological polar surface area (TPSA) is 32.3 Å². The third-order valence-electron chi connectivity index (χ3n) is 4.36. The predicted molar refractivity (Wildman–Crippen MR) is 80.6 cm³/mol. The van der Waals surface area contributed by atoms with E-state index in [-0.39, 0.29) is 5.91 Å². The maximum atomic E-state index is 12.5. The fourth-order valence-electron chi connectivity index (χ4n) is 3.08. The standard InChI is InChI=1S/C17H24N2O/c1-13-9-16(18-10-14-7-8-14)12-19(11-13)17(20)15-5-3-2-4-6-15/h2-6,13-14,16,18H,7-12H2,1H3. The summed E-state index contributed by atoms with van der Waals surface area (Å²) in [6.07, 6.45) is 3.94. The van der Waals surface area contributed by atoms with E-state index >= 15 is 0 Å². The van der Waals surface area contributed by atoms with Crippen LogP contribution in [0.15, 0.2) is 30.3 Å². The van der Waals surface area contributed by atoms with E-state index < -0.39 is 0 Å². The number of benzene rings is 1. The third-order valence-corrected chi connectivity index (χ3v) is 4.36. The summed E-state index contributed by atoms with van der Waals surface area (Å²) in [4.78, 5) is 14.6. The molecule has 2 fully saturated rings. The monoisotopic (exact) mass is 272 g/mol. The fourth-order valence-corrected chi connectivity index (χ4v) is 3.08. The van der Waals surface area contributed by atoms with Crippen LogP contribution in [0.5, 0.6) is 0 Å². The van der Waals surface area contributed by atoms with E-state index in [9.17, 15) is 4.79 Å². The Morgan fingerprint density at radius 2 is 2.00 bits per heavy atom. The summed E-state index contributed by atoms with van der Waals surface area (Å²) < 4.78 is 0. The van der Waals surface area contributed by atoms with Gasteiger partial charge in [0.25, 0.3) is 5.91 Å². The molecule has 2 unspecified atom stereocenters. The lowest BCUT2D eigenvalue weighted by molar-refractivity contribution is 0.0640. The smallest absolute Gasteiger partial charge is 0.253 e. The molecule has 2 atom stereocenters. The predicted octanol–water partition coefficient (Wildman–Crippen LogP) is 2.54. The van der Waals surface area contributed by atoms with Gasteiger partial charge in [0, 0.05) is 24.7 Å². The lowest BCUT2D eigenvalue weighted by Crippen LogP contribution is -2.51. The Bertz CT molecular complexity index is 455. The maximum absolute atomic E-state index is 12.5. The summed E-state index contributed by atoms with van der Waals surface area (Å²) in [5.41, 5.74) is 0.808. The highest BCUT2D eigenvalue weighted by atomic mass is 16.2. The molecule has 1 aromatic carbocycles. The molecule has 1 amide bonds. The average molecular weight is 272 g/mol. The summed E-state index contributed by atoms with van der Waals surface area (Å²) in [5.74, 6) is 1.65. The Kier molecular flexibility index (Phi) is 4.06. The Morgan fingerprint density at radius 1 is 1.25 bits per heavy atom. The van der Waals surface area contributed by atoms with Crippen molar-refractivity contribution in [3.8, 4) is 0 Å². The molecule has 0 radical (unpaired) electrons. The first kappa shape index (κ1) is 13.6. The van der Waals surface area contributed by atoms with Crippen LogP contribution in [0.25, 0.3) is 0 Å². The molecule has 0 aromatic heterocycles. The van der Waals surface area contributed by atoms with E-state index in [1.54, 1.807) is 0 Å². The van der Waals surface area contributed by atoms with Gasteiger partial charge in [-0.1, -0.05) is 25.1 Å². The minimum absolute atomic E-state index is 0.176. The first-order valence-corrected chi connectivity index (χ1v) is 7.80. The number of likely N-dealkylation sites (tertiary alicyclic amines) is 1. The van der Waals surface area contributed by atoms with Gasteiger partial charge < -0.3 is 10.2 Å². The van der Waals surface area contributed by atoms with Gasteiger partial charge in [0.1, 0.15) is 0 Å². The molecule has 20 heavy (non-hydrogen) atoms. The molecule has 0 bridgehead atoms. The van der Waals surface area contributed by atoms with Gasteiger partial charge in [0.15, 0.2) is 0 Å². The second-order valence-electron chi connectivity index (χ2n) is 6.47. The highest BCUT2D eigenvalue weighted by molar-refractivity contribution is 5.94. The van der Waals surface area contributed by atoms with Crippen molar-refractivity contribution in [3.63, 3.8) is 0 Å². The zero-order chi connectivity index (χ0) is 13.9. The average Bonchev–Trinajstić information content (AvgIpc) is 3.29. The van der Waals surface area contributed by atoms with Crippen molar-refractivity contribution >= 4 is 5.91 Å². The van der Waals surface area contributed by atoms with Crippen LogP contribution < -0.4 is 5.32 Å². The van der Waals surface area contributed by atoms with E-state index in [1.165, 1.54) is 19.3 Å². The van der Waals surface area contributed by atoms with Crippen LogP contribution in [0.1, 0.15) is 36.5 Å². The van der Waals surface area contributed by atoms with Crippen molar-refractivity contribution < 1.29 is 4.79 Å². The third kappa shape index (κ3) is 3.40. The SMILES string of the molecule is CC1CC(NCC2CC2)CN(C(=O)c2ccccc2)C1. The highest BCUT2D eigenvalue weighted by Gasteiger charge is 2.29. The van der Waals surface area contributed by atoms with Gasteiger partial charge in [-0.15, -0.1) is 0 Å². The number of carbonyl (C=O) groups excluding carboxylic acids is 1. The van der Waals surface area contributed by atoms with Gasteiger partial charge in [-0.25, -0.2) is 0 Å². The molecule has 3 heteroatoms. The van der Waals surface area contributed by atoms with E-state index in [4.69, 9.17) is 0 Å². The molecule has 1 aliphatic carbocycles. The number of rotatable bonds is 4. The molecule has 1 saturated heterocycles. The lowest BCUT2D eigenvalue weighted by atomic mass is 9.95. The van der Waals surface area contributed by atoms with Crippen LogP contribution >= 0.6 is 0 Å². The normalized spacial score (nSPS) is 26.6. The van der Waals surface area contributed by atoms with Gasteiger partial charge >= 0.3 is 0 Å². The van der Waals surface area contributed by atoms with Crippen molar-refractivity contribution in [2.75, 3.05) is 19.6 Å². The van der Waals surface area contributed by atoms with Crippen LogP contribution in [0.3, 0.4) is 0 Å². The Morgan fingerprint density at radius 3 is 2.70 bits per heavy atom. The van der Waals surface area contributed by atoms with Crippen molar-refractivity contribution in [1.29, 1.82) is 0 Å². The first-order valence-electron chi connectivity index (χ1n) is 7.80. The van der Waals surface area contributed by atoms with E-state index in [1.807, 2.05) is 35.2 Å². The molecule has 1 saturated carbocycles. The number of amides is 1. The molecule has 1 aliphatic heterocycles. The van der Waals surface area contributed by atoms with Crippen molar-refractivity contribution in [1.82, 2.24) is 10.2 Å². The summed E-state index contributed by atoms with van der Waals surface area (Å²) in [6, 6.07) is 10.1. The number of nitrogens with zero attached hydrogens (tertiary/aromatic N) is 1.